The number of azide groups is 1. The molecule has 0 aliphatic carbocycles. The van der Waals surface area contributed by atoms with Gasteiger partial charge in [0.2, 0.25) is 5.69 Å². The van der Waals surface area contributed by atoms with Gasteiger partial charge in [-0.2, -0.15) is 4.58 Å². The molecule has 0 aromatic heterocycles. The minimum absolute atomic E-state index is 0.140. The van der Waals surface area contributed by atoms with E-state index < -0.39 is 0 Å². The maximum absolute atomic E-state index is 8.26. The zero-order valence-corrected chi connectivity index (χ0v) is 35.9. The summed E-state index contributed by atoms with van der Waals surface area (Å²) in [7, 11) is 1.66. The lowest BCUT2D eigenvalue weighted by atomic mass is 9.81. The number of ether oxygens (including phenoxy) is 8. The van der Waals surface area contributed by atoms with Crippen molar-refractivity contribution in [3.63, 3.8) is 0 Å². The molecule has 0 saturated heterocycles. The maximum Gasteiger partial charge on any atom is 0.209 e. The second-order valence-corrected chi connectivity index (χ2v) is 14.9. The quantitative estimate of drug-likeness (QED) is 0.0190. The van der Waals surface area contributed by atoms with Crippen molar-refractivity contribution in [3.05, 3.63) is 118 Å². The van der Waals surface area contributed by atoms with Gasteiger partial charge in [0.05, 0.1) is 97.9 Å². The number of allylic oxidation sites excluding steroid dienone is 8. The van der Waals surface area contributed by atoms with Gasteiger partial charge in [-0.05, 0) is 37.1 Å². The lowest BCUT2D eigenvalue weighted by molar-refractivity contribution is -0.442. The van der Waals surface area contributed by atoms with E-state index in [1.54, 1.807) is 7.11 Å². The summed E-state index contributed by atoms with van der Waals surface area (Å²) in [6.45, 7) is 18.8. The minimum atomic E-state index is -0.151. The van der Waals surface area contributed by atoms with Crippen molar-refractivity contribution in [2.75, 3.05) is 131 Å². The Morgan fingerprint density at radius 2 is 1.14 bits per heavy atom. The molecule has 0 N–H and O–H groups in total. The summed E-state index contributed by atoms with van der Waals surface area (Å²) < 4.78 is 46.9. The van der Waals surface area contributed by atoms with Gasteiger partial charge in [-0.1, -0.05) is 85.7 Å². The molecular weight excluding hydrogens is 751 g/mol. The highest BCUT2D eigenvalue weighted by atomic mass is 16.6. The highest BCUT2D eigenvalue weighted by Crippen LogP contribution is 2.47. The van der Waals surface area contributed by atoms with Crippen molar-refractivity contribution < 1.29 is 42.5 Å². The van der Waals surface area contributed by atoms with Gasteiger partial charge < -0.3 is 42.8 Å². The lowest BCUT2D eigenvalue weighted by Crippen LogP contribution is -2.29. The van der Waals surface area contributed by atoms with E-state index in [4.69, 9.17) is 43.4 Å². The van der Waals surface area contributed by atoms with Gasteiger partial charge in [0, 0.05) is 59.6 Å². The number of rotatable bonds is 31. The van der Waals surface area contributed by atoms with E-state index in [-0.39, 0.29) is 10.8 Å². The van der Waals surface area contributed by atoms with E-state index in [9.17, 15) is 0 Å². The Labute approximate surface area is 351 Å². The third-order valence-corrected chi connectivity index (χ3v) is 10.2. The van der Waals surface area contributed by atoms with Crippen LogP contribution in [0.25, 0.3) is 10.4 Å². The molecule has 0 fully saturated rings. The molecule has 0 amide bonds. The Kier molecular flexibility index (Phi) is 21.6. The van der Waals surface area contributed by atoms with Crippen LogP contribution < -0.4 is 4.90 Å². The molecule has 4 rings (SSSR count). The van der Waals surface area contributed by atoms with Crippen LogP contribution in [-0.4, -0.2) is 136 Å². The molecule has 13 nitrogen and oxygen atoms in total. The molecule has 59 heavy (non-hydrogen) atoms. The van der Waals surface area contributed by atoms with Crippen LogP contribution in [0.3, 0.4) is 0 Å². The Hall–Kier alpha value is -4.14. The van der Waals surface area contributed by atoms with E-state index in [0.29, 0.717) is 106 Å². The zero-order chi connectivity index (χ0) is 42.0. The molecule has 2 aromatic carbocycles. The SMILES string of the molecule is COCCOCCOCCOCC[N+]1=C(/C=C/C=C/C=C/C=C2/N(CCOCCOCCOCCOCCN=[N+]=[N-])c3ccccc3C2(C)C)C(C)(C)c2ccccc21. The van der Waals surface area contributed by atoms with Crippen molar-refractivity contribution in [2.45, 2.75) is 38.5 Å². The summed E-state index contributed by atoms with van der Waals surface area (Å²) in [5.41, 5.74) is 15.5. The fourth-order valence-corrected chi connectivity index (χ4v) is 7.16. The second kappa shape index (κ2) is 26.9. The number of fused-ring (bicyclic) bond motifs is 2. The Morgan fingerprint density at radius 1 is 0.610 bits per heavy atom. The Morgan fingerprint density at radius 3 is 1.78 bits per heavy atom. The molecule has 0 spiro atoms. The molecule has 0 saturated carbocycles. The first-order chi connectivity index (χ1) is 28.8. The zero-order valence-electron chi connectivity index (χ0n) is 35.9. The summed E-state index contributed by atoms with van der Waals surface area (Å²) in [5, 5.41) is 3.42. The van der Waals surface area contributed by atoms with Crippen LogP contribution >= 0.6 is 0 Å². The van der Waals surface area contributed by atoms with Gasteiger partial charge in [0.15, 0.2) is 12.3 Å². The Balaban J connectivity index is 1.25. The Bertz CT molecular complexity index is 1750. The van der Waals surface area contributed by atoms with E-state index in [1.165, 1.54) is 33.9 Å². The monoisotopic (exact) mass is 816 g/mol. The molecule has 322 valence electrons. The highest BCUT2D eigenvalue weighted by molar-refractivity contribution is 6.03. The fraction of sp³-hybridized carbons (Fsp3) is 0.543. The van der Waals surface area contributed by atoms with Gasteiger partial charge in [0.1, 0.15) is 6.61 Å². The summed E-state index contributed by atoms with van der Waals surface area (Å²) in [4.78, 5) is 5.06. The summed E-state index contributed by atoms with van der Waals surface area (Å²) >= 11 is 0. The topological polar surface area (TPSA) is 129 Å². The highest BCUT2D eigenvalue weighted by Gasteiger charge is 2.44. The number of methoxy groups -OCH3 is 1. The number of anilines is 1. The van der Waals surface area contributed by atoms with Crippen LogP contribution in [0.2, 0.25) is 0 Å². The van der Waals surface area contributed by atoms with Crippen molar-refractivity contribution in [1.29, 1.82) is 0 Å². The second-order valence-electron chi connectivity index (χ2n) is 14.9. The number of hydrogen-bond donors (Lipinski definition) is 0. The van der Waals surface area contributed by atoms with Gasteiger partial charge in [-0.15, -0.1) is 0 Å². The average molecular weight is 817 g/mol. The van der Waals surface area contributed by atoms with Crippen LogP contribution in [-0.2, 0) is 48.7 Å². The van der Waals surface area contributed by atoms with E-state index >= 15 is 0 Å². The first-order valence-corrected chi connectivity index (χ1v) is 20.7. The van der Waals surface area contributed by atoms with Crippen LogP contribution in [0.1, 0.15) is 38.8 Å². The number of para-hydroxylation sites is 2. The molecule has 2 aromatic rings. The molecule has 0 atom stereocenters. The first-order valence-electron chi connectivity index (χ1n) is 20.7. The normalized spacial score (nSPS) is 16.3. The molecule has 2 heterocycles. The van der Waals surface area contributed by atoms with Crippen LogP contribution in [0.4, 0.5) is 11.4 Å². The van der Waals surface area contributed by atoms with Crippen molar-refractivity contribution >= 4 is 17.1 Å². The van der Waals surface area contributed by atoms with Crippen molar-refractivity contribution in [3.8, 4) is 0 Å². The summed E-state index contributed by atoms with van der Waals surface area (Å²) in [6, 6.07) is 17.3. The predicted octanol–water partition coefficient (Wildman–Crippen LogP) is 7.49. The largest absolute Gasteiger partial charge is 0.382 e. The van der Waals surface area contributed by atoms with E-state index in [2.05, 4.69) is 138 Å². The maximum atomic E-state index is 8.26. The van der Waals surface area contributed by atoms with E-state index in [1.807, 2.05) is 0 Å². The van der Waals surface area contributed by atoms with Crippen LogP contribution in [0.15, 0.2) is 102 Å². The molecule has 0 bridgehead atoms. The summed E-state index contributed by atoms with van der Waals surface area (Å²) in [6.07, 6.45) is 14.9. The third-order valence-electron chi connectivity index (χ3n) is 10.2. The predicted molar refractivity (Wildman–Crippen MR) is 233 cm³/mol. The van der Waals surface area contributed by atoms with E-state index in [0.717, 1.165) is 13.1 Å². The van der Waals surface area contributed by atoms with Crippen molar-refractivity contribution in [2.24, 2.45) is 5.11 Å². The lowest BCUT2D eigenvalue weighted by Gasteiger charge is -2.27. The smallest absolute Gasteiger partial charge is 0.209 e. The average Bonchev–Trinajstić information content (AvgIpc) is 3.58. The third kappa shape index (κ3) is 15.1. The minimum Gasteiger partial charge on any atom is -0.382 e. The molecule has 2 aliphatic heterocycles. The van der Waals surface area contributed by atoms with Crippen LogP contribution in [0.5, 0.6) is 0 Å². The molecule has 0 unspecified atom stereocenters. The van der Waals surface area contributed by atoms with Crippen molar-refractivity contribution in [1.82, 2.24) is 0 Å². The molecule has 0 radical (unpaired) electrons. The number of benzene rings is 2. The van der Waals surface area contributed by atoms with Gasteiger partial charge >= 0.3 is 0 Å². The molecular formula is C46H66N5O8+. The molecule has 2 aliphatic rings. The number of nitrogens with zero attached hydrogens (tertiary/aromatic N) is 5. The van der Waals surface area contributed by atoms with Crippen LogP contribution in [0, 0.1) is 0 Å². The van der Waals surface area contributed by atoms with Gasteiger partial charge in [-0.25, -0.2) is 0 Å². The summed E-state index contributed by atoms with van der Waals surface area (Å²) in [5.74, 6) is 0. The standard InChI is InChI=1S/C46H66N5O8/c1-45(2)39-15-11-13-17-41(39)50(22-25-54-30-33-58-36-35-56-28-27-52-5)43(45)19-9-7-6-8-10-20-44-46(3,4)40-16-12-14-18-42(40)51(44)23-26-55-31-34-59-38-37-57-32-29-53-24-21-48-49-47/h6-20H,21-38H2,1-5H3/q+1. The fourth-order valence-electron chi connectivity index (χ4n) is 7.16. The first kappa shape index (κ1) is 47.5. The van der Waals surface area contributed by atoms with Gasteiger partial charge in [0.25, 0.3) is 0 Å². The number of hydrogen-bond acceptors (Lipinski definition) is 10. The molecule has 13 heteroatoms. The van der Waals surface area contributed by atoms with Gasteiger partial charge in [-0.3, -0.25) is 0 Å².